The van der Waals surface area contributed by atoms with Gasteiger partial charge in [0.25, 0.3) is 5.91 Å². The first-order chi connectivity index (χ1) is 18.4. The van der Waals surface area contributed by atoms with Crippen LogP contribution in [0.15, 0.2) is 82.0 Å². The average molecular weight is 524 g/mol. The number of carbonyl (C=O) groups excluding carboxylic acids is 1. The first kappa shape index (κ1) is 24.1. The second-order valence-corrected chi connectivity index (χ2v) is 10.9. The van der Waals surface area contributed by atoms with E-state index in [1.165, 1.54) is 16.2 Å². The molecule has 2 aromatic heterocycles. The number of hydrogen-bond donors (Lipinski definition) is 0. The number of aryl methyl sites for hydroxylation is 1. The van der Waals surface area contributed by atoms with Gasteiger partial charge in [0, 0.05) is 6.42 Å². The SMILES string of the molecule is Cc1ccc2oc3c(c(=O)c2c1)C(c1cccc(Oc2ccccc2)c1)N(c1nnc(CC(C)C)s1)C3=O. The Morgan fingerprint density at radius 3 is 2.55 bits per heavy atom. The van der Waals surface area contributed by atoms with Crippen molar-refractivity contribution in [2.45, 2.75) is 33.2 Å². The first-order valence-corrected chi connectivity index (χ1v) is 13.3. The number of ether oxygens (including phenoxy) is 1. The van der Waals surface area contributed by atoms with E-state index in [2.05, 4.69) is 24.0 Å². The maximum absolute atomic E-state index is 13.9. The molecule has 6 rings (SSSR count). The van der Waals surface area contributed by atoms with Crippen LogP contribution in [0.3, 0.4) is 0 Å². The lowest BCUT2D eigenvalue weighted by Gasteiger charge is -2.22. The smallest absolute Gasteiger partial charge is 0.297 e. The van der Waals surface area contributed by atoms with Crippen molar-refractivity contribution in [3.8, 4) is 11.5 Å². The van der Waals surface area contributed by atoms with Crippen LogP contribution in [0.5, 0.6) is 11.5 Å². The third-order valence-corrected chi connectivity index (χ3v) is 7.37. The lowest BCUT2D eigenvalue weighted by Crippen LogP contribution is -2.29. The molecule has 1 aliphatic heterocycles. The van der Waals surface area contributed by atoms with Crippen LogP contribution in [0.2, 0.25) is 0 Å². The molecule has 0 saturated carbocycles. The van der Waals surface area contributed by atoms with Crippen LogP contribution < -0.4 is 15.1 Å². The highest BCUT2D eigenvalue weighted by molar-refractivity contribution is 7.15. The van der Waals surface area contributed by atoms with Crippen molar-refractivity contribution in [3.63, 3.8) is 0 Å². The van der Waals surface area contributed by atoms with Gasteiger partial charge in [0.2, 0.25) is 10.9 Å². The lowest BCUT2D eigenvalue weighted by molar-refractivity contribution is 0.0970. The van der Waals surface area contributed by atoms with Crippen molar-refractivity contribution < 1.29 is 13.9 Å². The van der Waals surface area contributed by atoms with Crippen LogP contribution in [-0.2, 0) is 6.42 Å². The second kappa shape index (κ2) is 9.54. The summed E-state index contributed by atoms with van der Waals surface area (Å²) in [5.41, 5.74) is 2.10. The zero-order valence-electron chi connectivity index (χ0n) is 21.2. The molecule has 7 nitrogen and oxygen atoms in total. The number of nitrogens with zero attached hydrogens (tertiary/aromatic N) is 3. The third kappa shape index (κ3) is 4.26. The summed E-state index contributed by atoms with van der Waals surface area (Å²) in [5.74, 6) is 1.29. The van der Waals surface area contributed by atoms with Gasteiger partial charge in [-0.05, 0) is 54.8 Å². The Bertz CT molecular complexity index is 1730. The number of aromatic nitrogens is 2. The molecule has 1 atom stereocenters. The molecule has 3 aromatic carbocycles. The van der Waals surface area contributed by atoms with Crippen molar-refractivity contribution in [1.82, 2.24) is 10.2 Å². The van der Waals surface area contributed by atoms with Crippen LogP contribution in [-0.4, -0.2) is 16.1 Å². The normalized spacial score (nSPS) is 14.9. The molecule has 3 heterocycles. The van der Waals surface area contributed by atoms with Crippen LogP contribution in [0.1, 0.15) is 52.1 Å². The Balaban J connectivity index is 1.52. The predicted octanol–water partition coefficient (Wildman–Crippen LogP) is 6.69. The van der Waals surface area contributed by atoms with Crippen LogP contribution in [0.4, 0.5) is 5.13 Å². The largest absolute Gasteiger partial charge is 0.457 e. The summed E-state index contributed by atoms with van der Waals surface area (Å²) >= 11 is 1.36. The summed E-state index contributed by atoms with van der Waals surface area (Å²) in [6.07, 6.45) is 0.748. The molecule has 5 aromatic rings. The first-order valence-electron chi connectivity index (χ1n) is 12.4. The van der Waals surface area contributed by atoms with Crippen molar-refractivity contribution >= 4 is 33.3 Å². The number of anilines is 1. The molecular weight excluding hydrogens is 498 g/mol. The Morgan fingerprint density at radius 2 is 1.76 bits per heavy atom. The fourth-order valence-corrected chi connectivity index (χ4v) is 5.82. The van der Waals surface area contributed by atoms with Crippen molar-refractivity contribution in [2.24, 2.45) is 5.92 Å². The minimum atomic E-state index is -0.738. The van der Waals surface area contributed by atoms with Gasteiger partial charge >= 0.3 is 0 Å². The van der Waals surface area contributed by atoms with Crippen molar-refractivity contribution in [3.05, 3.63) is 110 Å². The average Bonchev–Trinajstić information content (AvgIpc) is 3.47. The van der Waals surface area contributed by atoms with Gasteiger partial charge in [0.15, 0.2) is 5.43 Å². The molecule has 0 N–H and O–H groups in total. The van der Waals surface area contributed by atoms with E-state index < -0.39 is 11.9 Å². The summed E-state index contributed by atoms with van der Waals surface area (Å²) < 4.78 is 12.2. The molecule has 190 valence electrons. The predicted molar refractivity (Wildman–Crippen MR) is 147 cm³/mol. The van der Waals surface area contributed by atoms with Crippen LogP contribution in [0.25, 0.3) is 11.0 Å². The van der Waals surface area contributed by atoms with Gasteiger partial charge in [-0.25, -0.2) is 0 Å². The maximum Gasteiger partial charge on any atom is 0.297 e. The molecule has 38 heavy (non-hydrogen) atoms. The second-order valence-electron chi connectivity index (χ2n) is 9.82. The highest BCUT2D eigenvalue weighted by Crippen LogP contribution is 2.43. The van der Waals surface area contributed by atoms with Gasteiger partial charge in [-0.2, -0.15) is 0 Å². The minimum absolute atomic E-state index is 0.0337. The molecule has 0 aliphatic carbocycles. The quantitative estimate of drug-likeness (QED) is 0.246. The van der Waals surface area contributed by atoms with Gasteiger partial charge < -0.3 is 9.15 Å². The Hall–Kier alpha value is -4.30. The van der Waals surface area contributed by atoms with E-state index in [0.717, 1.165) is 17.0 Å². The van der Waals surface area contributed by atoms with Gasteiger partial charge in [-0.1, -0.05) is 67.1 Å². The summed E-state index contributed by atoms with van der Waals surface area (Å²) in [4.78, 5) is 29.3. The fourth-order valence-electron chi connectivity index (χ4n) is 4.75. The standard InChI is InChI=1S/C30H25N3O4S/c1-17(2)14-24-31-32-30(38-24)33-26(19-8-7-11-21(16-19)36-20-9-5-4-6-10-20)25-27(34)22-15-18(3)12-13-23(22)37-28(25)29(33)35/h4-13,15-17,26H,14H2,1-3H3. The number of benzene rings is 3. The van der Waals surface area contributed by atoms with Gasteiger partial charge in [0.05, 0.1) is 17.0 Å². The van der Waals surface area contributed by atoms with E-state index in [0.29, 0.717) is 44.6 Å². The molecule has 1 aliphatic rings. The van der Waals surface area contributed by atoms with Crippen LogP contribution in [0, 0.1) is 12.8 Å². The number of fused-ring (bicyclic) bond motifs is 2. The molecule has 0 radical (unpaired) electrons. The minimum Gasteiger partial charge on any atom is -0.457 e. The van der Waals surface area contributed by atoms with Crippen molar-refractivity contribution in [2.75, 3.05) is 4.90 Å². The Labute approximate surface area is 223 Å². The molecule has 0 bridgehead atoms. The number of para-hydroxylation sites is 1. The van der Waals surface area contributed by atoms with Gasteiger partial charge in [-0.15, -0.1) is 10.2 Å². The van der Waals surface area contributed by atoms with Gasteiger partial charge in [-0.3, -0.25) is 14.5 Å². The molecular formula is C30H25N3O4S. The monoisotopic (exact) mass is 523 g/mol. The van der Waals surface area contributed by atoms with E-state index in [1.807, 2.05) is 67.6 Å². The lowest BCUT2D eigenvalue weighted by atomic mass is 9.98. The number of amides is 1. The van der Waals surface area contributed by atoms with E-state index >= 15 is 0 Å². The Kier molecular flexibility index (Phi) is 6.04. The van der Waals surface area contributed by atoms with E-state index in [4.69, 9.17) is 9.15 Å². The zero-order chi connectivity index (χ0) is 26.4. The fraction of sp³-hybridized carbons (Fsp3) is 0.200. The van der Waals surface area contributed by atoms with E-state index in [9.17, 15) is 9.59 Å². The van der Waals surface area contributed by atoms with Gasteiger partial charge in [0.1, 0.15) is 22.1 Å². The zero-order valence-corrected chi connectivity index (χ0v) is 22.0. The molecule has 1 amide bonds. The van der Waals surface area contributed by atoms with Crippen LogP contribution >= 0.6 is 11.3 Å². The topological polar surface area (TPSA) is 85.5 Å². The summed E-state index contributed by atoms with van der Waals surface area (Å²) in [6.45, 7) is 6.13. The summed E-state index contributed by atoms with van der Waals surface area (Å²) in [6, 6.07) is 21.5. The summed E-state index contributed by atoms with van der Waals surface area (Å²) in [7, 11) is 0. The molecule has 8 heteroatoms. The molecule has 0 saturated heterocycles. The maximum atomic E-state index is 13.9. The molecule has 1 unspecified atom stereocenters. The highest BCUT2D eigenvalue weighted by Gasteiger charge is 2.45. The third-order valence-electron chi connectivity index (χ3n) is 6.42. The van der Waals surface area contributed by atoms with E-state index in [1.54, 1.807) is 12.1 Å². The highest BCUT2D eigenvalue weighted by atomic mass is 32.1. The van der Waals surface area contributed by atoms with E-state index in [-0.39, 0.29) is 11.2 Å². The number of hydrogen-bond acceptors (Lipinski definition) is 7. The number of rotatable bonds is 6. The summed E-state index contributed by atoms with van der Waals surface area (Å²) in [5, 5.41) is 10.4. The van der Waals surface area contributed by atoms with Crippen molar-refractivity contribution in [1.29, 1.82) is 0 Å². The Morgan fingerprint density at radius 1 is 0.974 bits per heavy atom. The molecule has 0 fully saturated rings. The molecule has 0 spiro atoms. The number of carbonyl (C=O) groups is 1.